The fourth-order valence-electron chi connectivity index (χ4n) is 3.07. The summed E-state index contributed by atoms with van der Waals surface area (Å²) < 4.78 is 10.2. The van der Waals surface area contributed by atoms with Crippen LogP contribution < -0.4 is 5.32 Å². The first-order chi connectivity index (χ1) is 12.2. The Morgan fingerprint density at radius 3 is 2.88 bits per heavy atom. The van der Waals surface area contributed by atoms with Gasteiger partial charge in [-0.1, -0.05) is 23.7 Å². The number of hydrogen-bond acceptors (Lipinski definition) is 4. The number of rotatable bonds is 5. The number of imidazole rings is 2. The molecule has 25 heavy (non-hydrogen) atoms. The Labute approximate surface area is 151 Å². The highest BCUT2D eigenvalue weighted by Crippen LogP contribution is 2.26. The Morgan fingerprint density at radius 2 is 2.12 bits per heavy atom. The third-order valence-corrected chi connectivity index (χ3v) is 4.74. The predicted octanol–water partition coefficient (Wildman–Crippen LogP) is 2.63. The number of fused-ring (bicyclic) bond motifs is 1. The van der Waals surface area contributed by atoms with E-state index in [2.05, 4.69) is 19.9 Å². The second-order valence-electron chi connectivity index (χ2n) is 6.20. The first-order valence-corrected chi connectivity index (χ1v) is 8.67. The van der Waals surface area contributed by atoms with Crippen LogP contribution in [-0.4, -0.2) is 31.8 Å². The van der Waals surface area contributed by atoms with Gasteiger partial charge >= 0.3 is 0 Å². The molecule has 0 spiro atoms. The molecule has 3 heterocycles. The zero-order chi connectivity index (χ0) is 17.2. The van der Waals surface area contributed by atoms with Crippen LogP contribution in [0, 0.1) is 0 Å². The van der Waals surface area contributed by atoms with Crippen LogP contribution in [-0.2, 0) is 31.5 Å². The highest BCUT2D eigenvalue weighted by atomic mass is 35.5. The summed E-state index contributed by atoms with van der Waals surface area (Å²) in [7, 11) is 2.00. The lowest BCUT2D eigenvalue weighted by molar-refractivity contribution is 0.00315. The number of aryl methyl sites for hydroxylation is 1. The van der Waals surface area contributed by atoms with Crippen LogP contribution in [0.5, 0.6) is 0 Å². The minimum absolute atomic E-state index is 0.105. The summed E-state index contributed by atoms with van der Waals surface area (Å²) in [6.07, 6.45) is 5.77. The van der Waals surface area contributed by atoms with Crippen molar-refractivity contribution in [3.05, 3.63) is 59.5 Å². The van der Waals surface area contributed by atoms with Crippen LogP contribution in [0.1, 0.15) is 11.6 Å². The Hall–Kier alpha value is -2.15. The molecule has 130 valence electrons. The van der Waals surface area contributed by atoms with Crippen LogP contribution >= 0.6 is 11.6 Å². The number of nitrogens with zero attached hydrogens (tertiary/aromatic N) is 4. The molecule has 1 aliphatic heterocycles. The van der Waals surface area contributed by atoms with Gasteiger partial charge in [-0.15, -0.1) is 0 Å². The number of ether oxygens (including phenoxy) is 1. The van der Waals surface area contributed by atoms with E-state index >= 15 is 0 Å². The maximum Gasteiger partial charge on any atom is 0.135 e. The van der Waals surface area contributed by atoms with Crippen molar-refractivity contribution >= 4 is 11.6 Å². The molecule has 1 aromatic carbocycles. The standard InChI is InChI=1S/C18H20ClN5O/c1-23-7-6-21-17(23)10-20-8-15-11-24-16(9-22-18(24)12-25-15)13-2-4-14(19)5-3-13/h2-7,9,15,20H,8,10-12H2,1H3. The van der Waals surface area contributed by atoms with Gasteiger partial charge in [-0.25, -0.2) is 9.97 Å². The third-order valence-electron chi connectivity index (χ3n) is 4.49. The summed E-state index contributed by atoms with van der Waals surface area (Å²) in [5.74, 6) is 1.98. The number of hydrogen-bond donors (Lipinski definition) is 1. The zero-order valence-electron chi connectivity index (χ0n) is 14.0. The van der Waals surface area contributed by atoms with Gasteiger partial charge in [0.05, 0.1) is 31.1 Å². The summed E-state index contributed by atoms with van der Waals surface area (Å²) in [6.45, 7) is 2.80. The van der Waals surface area contributed by atoms with Crippen molar-refractivity contribution in [2.24, 2.45) is 7.05 Å². The summed E-state index contributed by atoms with van der Waals surface area (Å²) in [5.41, 5.74) is 2.22. The highest BCUT2D eigenvalue weighted by Gasteiger charge is 2.22. The molecular weight excluding hydrogens is 338 g/mol. The van der Waals surface area contributed by atoms with Crippen LogP contribution in [0.15, 0.2) is 42.9 Å². The molecule has 0 amide bonds. The topological polar surface area (TPSA) is 56.9 Å². The SMILES string of the molecule is Cn1ccnc1CNCC1Cn2c(-c3ccc(Cl)cc3)cnc2CO1. The molecule has 1 atom stereocenters. The van der Waals surface area contributed by atoms with E-state index in [-0.39, 0.29) is 6.10 Å². The lowest BCUT2D eigenvalue weighted by Crippen LogP contribution is -2.36. The minimum Gasteiger partial charge on any atom is -0.367 e. The molecule has 0 aliphatic carbocycles. The minimum atomic E-state index is 0.105. The second kappa shape index (κ2) is 7.00. The van der Waals surface area contributed by atoms with Crippen LogP contribution in [0.25, 0.3) is 11.3 Å². The largest absolute Gasteiger partial charge is 0.367 e. The van der Waals surface area contributed by atoms with E-state index in [4.69, 9.17) is 16.3 Å². The van der Waals surface area contributed by atoms with Gasteiger partial charge in [0.1, 0.15) is 18.3 Å². The van der Waals surface area contributed by atoms with Gasteiger partial charge in [-0.2, -0.15) is 0 Å². The molecule has 7 heteroatoms. The Morgan fingerprint density at radius 1 is 1.28 bits per heavy atom. The summed E-state index contributed by atoms with van der Waals surface area (Å²) in [6, 6.07) is 7.86. The molecule has 1 aliphatic rings. The average Bonchev–Trinajstić information content (AvgIpc) is 3.22. The molecule has 6 nitrogen and oxygen atoms in total. The smallest absolute Gasteiger partial charge is 0.135 e. The van der Waals surface area contributed by atoms with Crippen molar-refractivity contribution in [3.63, 3.8) is 0 Å². The van der Waals surface area contributed by atoms with Gasteiger partial charge in [0, 0.05) is 31.0 Å². The molecular formula is C18H20ClN5O. The van der Waals surface area contributed by atoms with Crippen LogP contribution in [0.4, 0.5) is 0 Å². The predicted molar refractivity (Wildman–Crippen MR) is 96.2 cm³/mol. The van der Waals surface area contributed by atoms with E-state index in [1.165, 1.54) is 0 Å². The maximum absolute atomic E-state index is 5.99. The van der Waals surface area contributed by atoms with Gasteiger partial charge in [0.15, 0.2) is 0 Å². The molecule has 1 unspecified atom stereocenters. The molecule has 1 N–H and O–H groups in total. The van der Waals surface area contributed by atoms with Gasteiger partial charge in [0.25, 0.3) is 0 Å². The van der Waals surface area contributed by atoms with Crippen molar-refractivity contribution in [1.29, 1.82) is 0 Å². The molecule has 0 saturated carbocycles. The lowest BCUT2D eigenvalue weighted by atomic mass is 10.1. The monoisotopic (exact) mass is 357 g/mol. The van der Waals surface area contributed by atoms with E-state index in [1.54, 1.807) is 0 Å². The first kappa shape index (κ1) is 16.3. The highest BCUT2D eigenvalue weighted by molar-refractivity contribution is 6.30. The van der Waals surface area contributed by atoms with E-state index in [0.717, 1.165) is 47.6 Å². The number of halogens is 1. The fraction of sp³-hybridized carbons (Fsp3) is 0.333. The molecule has 0 radical (unpaired) electrons. The van der Waals surface area contributed by atoms with Gasteiger partial charge in [0.2, 0.25) is 0 Å². The molecule has 4 rings (SSSR count). The fourth-order valence-corrected chi connectivity index (χ4v) is 3.19. The Bertz CT molecular complexity index is 855. The van der Waals surface area contributed by atoms with Crippen molar-refractivity contribution in [2.75, 3.05) is 6.54 Å². The van der Waals surface area contributed by atoms with E-state index < -0.39 is 0 Å². The number of aromatic nitrogens is 4. The van der Waals surface area contributed by atoms with Crippen molar-refractivity contribution in [3.8, 4) is 11.3 Å². The van der Waals surface area contributed by atoms with Gasteiger partial charge < -0.3 is 19.2 Å². The third kappa shape index (κ3) is 3.46. The normalized spacial score (nSPS) is 16.8. The second-order valence-corrected chi connectivity index (χ2v) is 6.63. The summed E-state index contributed by atoms with van der Waals surface area (Å²) in [4.78, 5) is 8.81. The Balaban J connectivity index is 1.43. The van der Waals surface area contributed by atoms with Crippen molar-refractivity contribution in [1.82, 2.24) is 24.4 Å². The number of nitrogens with one attached hydrogen (secondary N) is 1. The maximum atomic E-state index is 5.99. The van der Waals surface area contributed by atoms with Gasteiger partial charge in [-0.3, -0.25) is 0 Å². The average molecular weight is 358 g/mol. The summed E-state index contributed by atoms with van der Waals surface area (Å²) in [5, 5.41) is 4.17. The summed E-state index contributed by atoms with van der Waals surface area (Å²) >= 11 is 5.99. The molecule has 2 aromatic heterocycles. The van der Waals surface area contributed by atoms with E-state index in [9.17, 15) is 0 Å². The molecule has 0 bridgehead atoms. The van der Waals surface area contributed by atoms with E-state index in [0.29, 0.717) is 6.61 Å². The number of benzene rings is 1. The van der Waals surface area contributed by atoms with Crippen LogP contribution in [0.2, 0.25) is 5.02 Å². The molecule has 0 fully saturated rings. The van der Waals surface area contributed by atoms with Gasteiger partial charge in [-0.05, 0) is 17.7 Å². The quantitative estimate of drug-likeness (QED) is 0.762. The molecule has 3 aromatic rings. The van der Waals surface area contributed by atoms with Crippen molar-refractivity contribution < 1.29 is 4.74 Å². The van der Waals surface area contributed by atoms with Crippen LogP contribution in [0.3, 0.4) is 0 Å². The molecule has 0 saturated heterocycles. The zero-order valence-corrected chi connectivity index (χ0v) is 14.8. The van der Waals surface area contributed by atoms with Crippen molar-refractivity contribution in [2.45, 2.75) is 25.8 Å². The first-order valence-electron chi connectivity index (χ1n) is 8.29. The Kier molecular flexibility index (Phi) is 4.57. The van der Waals surface area contributed by atoms with E-state index in [1.807, 2.05) is 54.5 Å². The lowest BCUT2D eigenvalue weighted by Gasteiger charge is -2.26.